The lowest BCUT2D eigenvalue weighted by atomic mass is 10.3. The monoisotopic (exact) mass is 231 g/mol. The Hall–Kier alpha value is -1.62. The highest BCUT2D eigenvalue weighted by Gasteiger charge is 2.17. The summed E-state index contributed by atoms with van der Waals surface area (Å²) in [6.45, 7) is 6.02. The predicted octanol–water partition coefficient (Wildman–Crippen LogP) is 1.26. The van der Waals surface area contributed by atoms with Crippen LogP contribution in [0.2, 0.25) is 0 Å². The lowest BCUT2D eigenvalue weighted by Gasteiger charge is -2.17. The van der Waals surface area contributed by atoms with Crippen LogP contribution in [0.25, 0.3) is 11.5 Å². The molecule has 0 fully saturated rings. The molecule has 0 aliphatic carbocycles. The number of hydrogen-bond acceptors (Lipinski definition) is 3. The first-order valence-corrected chi connectivity index (χ1v) is 6.16. The highest BCUT2D eigenvalue weighted by Crippen LogP contribution is 2.20. The van der Waals surface area contributed by atoms with Crippen molar-refractivity contribution in [1.29, 1.82) is 0 Å². The van der Waals surface area contributed by atoms with Gasteiger partial charge in [-0.1, -0.05) is 6.92 Å². The number of rotatable bonds is 3. The molecule has 5 nitrogen and oxygen atoms in total. The van der Waals surface area contributed by atoms with Crippen molar-refractivity contribution in [3.05, 3.63) is 24.4 Å². The Morgan fingerprint density at radius 2 is 2.35 bits per heavy atom. The number of aromatic nitrogens is 4. The third-order valence-corrected chi connectivity index (χ3v) is 3.14. The van der Waals surface area contributed by atoms with Crippen molar-refractivity contribution in [2.75, 3.05) is 6.54 Å². The van der Waals surface area contributed by atoms with Crippen LogP contribution in [0.4, 0.5) is 0 Å². The van der Waals surface area contributed by atoms with Crippen molar-refractivity contribution < 1.29 is 0 Å². The highest BCUT2D eigenvalue weighted by atomic mass is 15.2. The minimum absolute atomic E-state index is 0.856. The molecule has 0 bridgehead atoms. The van der Waals surface area contributed by atoms with Gasteiger partial charge in [-0.25, -0.2) is 9.97 Å². The fraction of sp³-hybridized carbons (Fsp3) is 0.500. The largest absolute Gasteiger partial charge is 0.330 e. The fourth-order valence-corrected chi connectivity index (χ4v) is 2.34. The molecule has 0 amide bonds. The van der Waals surface area contributed by atoms with Gasteiger partial charge in [-0.15, -0.1) is 0 Å². The standard InChI is InChI=1S/C12H17N5/c1-2-5-16-6-4-14-12(16)10-8-15-11-9-13-3-7-17(10)11/h4,6,8,13H,2-3,5,7,9H2,1H3. The van der Waals surface area contributed by atoms with E-state index in [0.717, 1.165) is 49.9 Å². The molecule has 5 heteroatoms. The second-order valence-corrected chi connectivity index (χ2v) is 4.33. The number of fused-ring (bicyclic) bond motifs is 1. The van der Waals surface area contributed by atoms with Crippen molar-refractivity contribution in [2.24, 2.45) is 0 Å². The maximum absolute atomic E-state index is 4.47. The van der Waals surface area contributed by atoms with Crippen LogP contribution in [-0.2, 0) is 19.6 Å². The zero-order chi connectivity index (χ0) is 11.7. The smallest absolute Gasteiger partial charge is 0.158 e. The van der Waals surface area contributed by atoms with Crippen LogP contribution in [0.15, 0.2) is 18.6 Å². The van der Waals surface area contributed by atoms with Gasteiger partial charge in [0.1, 0.15) is 11.5 Å². The molecule has 90 valence electrons. The molecule has 0 atom stereocenters. The van der Waals surface area contributed by atoms with E-state index in [4.69, 9.17) is 0 Å². The second kappa shape index (κ2) is 4.33. The first-order chi connectivity index (χ1) is 8.40. The van der Waals surface area contributed by atoms with Crippen LogP contribution in [0.1, 0.15) is 19.2 Å². The summed E-state index contributed by atoms with van der Waals surface area (Å²) < 4.78 is 4.47. The second-order valence-electron chi connectivity index (χ2n) is 4.33. The summed E-state index contributed by atoms with van der Waals surface area (Å²) in [5.74, 6) is 2.14. The summed E-state index contributed by atoms with van der Waals surface area (Å²) in [7, 11) is 0. The van der Waals surface area contributed by atoms with E-state index in [1.165, 1.54) is 0 Å². The SMILES string of the molecule is CCCn1ccnc1-c1cnc2n1CCNC2. The Morgan fingerprint density at radius 3 is 3.24 bits per heavy atom. The van der Waals surface area contributed by atoms with E-state index in [0.29, 0.717) is 0 Å². The summed E-state index contributed by atoms with van der Waals surface area (Å²) in [6.07, 6.45) is 6.97. The molecule has 1 aliphatic heterocycles. The summed E-state index contributed by atoms with van der Waals surface area (Å²) in [6, 6.07) is 0. The lowest BCUT2D eigenvalue weighted by molar-refractivity contribution is 0.506. The van der Waals surface area contributed by atoms with Gasteiger partial charge < -0.3 is 14.5 Å². The van der Waals surface area contributed by atoms with Crippen LogP contribution in [0, 0.1) is 0 Å². The van der Waals surface area contributed by atoms with E-state index < -0.39 is 0 Å². The van der Waals surface area contributed by atoms with E-state index >= 15 is 0 Å². The molecule has 3 heterocycles. The van der Waals surface area contributed by atoms with Gasteiger partial charge in [0.25, 0.3) is 0 Å². The maximum Gasteiger partial charge on any atom is 0.158 e. The predicted molar refractivity (Wildman–Crippen MR) is 65.4 cm³/mol. The summed E-state index contributed by atoms with van der Waals surface area (Å²) in [5, 5.41) is 3.33. The van der Waals surface area contributed by atoms with Crippen LogP contribution in [-0.4, -0.2) is 25.6 Å². The van der Waals surface area contributed by atoms with Crippen LogP contribution >= 0.6 is 0 Å². The molecule has 0 radical (unpaired) electrons. The molecular weight excluding hydrogens is 214 g/mol. The van der Waals surface area contributed by atoms with Crippen molar-refractivity contribution in [3.8, 4) is 11.5 Å². The van der Waals surface area contributed by atoms with Crippen molar-refractivity contribution in [3.63, 3.8) is 0 Å². The van der Waals surface area contributed by atoms with E-state index in [2.05, 4.69) is 31.3 Å². The van der Waals surface area contributed by atoms with E-state index in [1.807, 2.05) is 18.6 Å². The van der Waals surface area contributed by atoms with Gasteiger partial charge in [0.05, 0.1) is 12.7 Å². The normalized spacial score (nSPS) is 14.9. The number of nitrogens with one attached hydrogen (secondary N) is 1. The van der Waals surface area contributed by atoms with E-state index in [1.54, 1.807) is 0 Å². The van der Waals surface area contributed by atoms with Gasteiger partial charge in [-0.05, 0) is 6.42 Å². The molecule has 0 saturated heterocycles. The lowest BCUT2D eigenvalue weighted by Crippen LogP contribution is -2.28. The Morgan fingerprint density at radius 1 is 1.41 bits per heavy atom. The molecule has 0 saturated carbocycles. The zero-order valence-corrected chi connectivity index (χ0v) is 10.1. The Balaban J connectivity index is 2.03. The highest BCUT2D eigenvalue weighted by molar-refractivity contribution is 5.50. The molecule has 0 spiro atoms. The molecule has 1 aliphatic rings. The fourth-order valence-electron chi connectivity index (χ4n) is 2.34. The maximum atomic E-state index is 4.47. The van der Waals surface area contributed by atoms with Crippen molar-refractivity contribution in [2.45, 2.75) is 33.0 Å². The van der Waals surface area contributed by atoms with Crippen LogP contribution in [0.3, 0.4) is 0 Å². The number of aryl methyl sites for hydroxylation is 1. The molecule has 0 aromatic carbocycles. The van der Waals surface area contributed by atoms with Crippen molar-refractivity contribution >= 4 is 0 Å². The third kappa shape index (κ3) is 1.76. The molecule has 0 unspecified atom stereocenters. The average Bonchev–Trinajstić information content (AvgIpc) is 2.95. The van der Waals surface area contributed by atoms with Gasteiger partial charge in [0.2, 0.25) is 0 Å². The summed E-state index contributed by atoms with van der Waals surface area (Å²) in [5.41, 5.74) is 1.14. The van der Waals surface area contributed by atoms with Crippen LogP contribution < -0.4 is 5.32 Å². The van der Waals surface area contributed by atoms with Crippen molar-refractivity contribution in [1.82, 2.24) is 24.4 Å². The zero-order valence-electron chi connectivity index (χ0n) is 10.1. The molecule has 2 aromatic heterocycles. The van der Waals surface area contributed by atoms with Gasteiger partial charge >= 0.3 is 0 Å². The topological polar surface area (TPSA) is 47.7 Å². The van der Waals surface area contributed by atoms with Gasteiger partial charge in [0.15, 0.2) is 5.82 Å². The van der Waals surface area contributed by atoms with Gasteiger partial charge in [0, 0.05) is 32.0 Å². The van der Waals surface area contributed by atoms with Gasteiger partial charge in [-0.2, -0.15) is 0 Å². The minimum atomic E-state index is 0.856. The quantitative estimate of drug-likeness (QED) is 0.865. The summed E-state index contributed by atoms with van der Waals surface area (Å²) in [4.78, 5) is 8.93. The first-order valence-electron chi connectivity index (χ1n) is 6.16. The molecule has 2 aromatic rings. The van der Waals surface area contributed by atoms with Crippen LogP contribution in [0.5, 0.6) is 0 Å². The summed E-state index contributed by atoms with van der Waals surface area (Å²) >= 11 is 0. The minimum Gasteiger partial charge on any atom is -0.330 e. The molecule has 3 rings (SSSR count). The third-order valence-electron chi connectivity index (χ3n) is 3.14. The number of hydrogen-bond donors (Lipinski definition) is 1. The van der Waals surface area contributed by atoms with E-state index in [-0.39, 0.29) is 0 Å². The molecular formula is C12H17N5. The average molecular weight is 231 g/mol. The molecule has 1 N–H and O–H groups in total. The number of nitrogens with zero attached hydrogens (tertiary/aromatic N) is 4. The Labute approximate surface area is 100 Å². The first kappa shape index (κ1) is 10.5. The van der Waals surface area contributed by atoms with E-state index in [9.17, 15) is 0 Å². The van der Waals surface area contributed by atoms with Gasteiger partial charge in [-0.3, -0.25) is 0 Å². The molecule has 17 heavy (non-hydrogen) atoms. The Kier molecular flexibility index (Phi) is 2.68. The Bertz CT molecular complexity index is 511. The number of imidazole rings is 2.